The van der Waals surface area contributed by atoms with Gasteiger partial charge in [-0.05, 0) is 69.3 Å². The minimum Gasteiger partial charge on any atom is -0.339 e. The van der Waals surface area contributed by atoms with Crippen LogP contribution in [0.5, 0.6) is 0 Å². The van der Waals surface area contributed by atoms with Crippen molar-refractivity contribution in [2.45, 2.75) is 56.7 Å². The Balaban J connectivity index is 1.12. The summed E-state index contributed by atoms with van der Waals surface area (Å²) in [6, 6.07) is 10.5. The summed E-state index contributed by atoms with van der Waals surface area (Å²) in [5.74, 6) is 0.552. The number of amides is 1. The summed E-state index contributed by atoms with van der Waals surface area (Å²) in [7, 11) is 0. The molecule has 0 saturated carbocycles. The van der Waals surface area contributed by atoms with Gasteiger partial charge in [-0.15, -0.1) is 0 Å². The SMILES string of the molecule is NC1CN(C(=O)C2CCCN(C3CCN(C4Cc5ccccc5C4)CC3)C2)C1. The fourth-order valence-electron chi connectivity index (χ4n) is 5.90. The molecule has 1 unspecified atom stereocenters. The maximum absolute atomic E-state index is 12.7. The molecule has 3 heterocycles. The second-order valence-electron chi connectivity index (χ2n) is 9.44. The fraction of sp³-hybridized carbons (Fsp3) is 0.696. The number of carbonyl (C=O) groups is 1. The van der Waals surface area contributed by atoms with E-state index in [-0.39, 0.29) is 12.0 Å². The zero-order valence-electron chi connectivity index (χ0n) is 16.9. The molecular formula is C23H34N4O. The molecule has 1 aromatic carbocycles. The van der Waals surface area contributed by atoms with Gasteiger partial charge in [-0.2, -0.15) is 0 Å². The second-order valence-corrected chi connectivity index (χ2v) is 9.44. The quantitative estimate of drug-likeness (QED) is 0.861. The maximum Gasteiger partial charge on any atom is 0.227 e. The van der Waals surface area contributed by atoms with E-state index in [1.807, 2.05) is 4.90 Å². The molecule has 3 saturated heterocycles. The first-order valence-corrected chi connectivity index (χ1v) is 11.3. The van der Waals surface area contributed by atoms with E-state index < -0.39 is 0 Å². The Hall–Kier alpha value is -1.43. The molecule has 3 aliphatic heterocycles. The van der Waals surface area contributed by atoms with Crippen molar-refractivity contribution in [2.24, 2.45) is 11.7 Å². The molecule has 28 heavy (non-hydrogen) atoms. The molecule has 2 N–H and O–H groups in total. The number of likely N-dealkylation sites (tertiary alicyclic amines) is 3. The Morgan fingerprint density at radius 3 is 2.18 bits per heavy atom. The molecule has 0 radical (unpaired) electrons. The number of piperidine rings is 2. The summed E-state index contributed by atoms with van der Waals surface area (Å²) < 4.78 is 0. The first-order chi connectivity index (χ1) is 13.7. The van der Waals surface area contributed by atoms with Crippen LogP contribution >= 0.6 is 0 Å². The largest absolute Gasteiger partial charge is 0.339 e. The number of benzene rings is 1. The zero-order chi connectivity index (χ0) is 19.1. The number of hydrogen-bond acceptors (Lipinski definition) is 4. The predicted molar refractivity (Wildman–Crippen MR) is 111 cm³/mol. The molecular weight excluding hydrogens is 348 g/mol. The van der Waals surface area contributed by atoms with E-state index in [0.29, 0.717) is 18.0 Å². The lowest BCUT2D eigenvalue weighted by Crippen LogP contribution is -2.60. The molecule has 3 fully saturated rings. The molecule has 5 heteroatoms. The topological polar surface area (TPSA) is 52.8 Å². The average molecular weight is 383 g/mol. The van der Waals surface area contributed by atoms with Gasteiger partial charge in [0.15, 0.2) is 0 Å². The molecule has 4 aliphatic rings. The lowest BCUT2D eigenvalue weighted by Gasteiger charge is -2.45. The van der Waals surface area contributed by atoms with E-state index in [9.17, 15) is 4.79 Å². The lowest BCUT2D eigenvalue weighted by atomic mass is 9.91. The van der Waals surface area contributed by atoms with Gasteiger partial charge in [0.05, 0.1) is 5.92 Å². The van der Waals surface area contributed by atoms with Gasteiger partial charge in [-0.25, -0.2) is 0 Å². The summed E-state index contributed by atoms with van der Waals surface area (Å²) in [5.41, 5.74) is 8.97. The van der Waals surface area contributed by atoms with E-state index in [4.69, 9.17) is 5.73 Å². The number of carbonyl (C=O) groups excluding carboxylic acids is 1. The molecule has 152 valence electrons. The first kappa shape index (κ1) is 18.6. The average Bonchev–Trinajstić information content (AvgIpc) is 3.15. The minimum atomic E-state index is 0.198. The number of rotatable bonds is 3. The van der Waals surface area contributed by atoms with Crippen molar-refractivity contribution in [1.29, 1.82) is 0 Å². The summed E-state index contributed by atoms with van der Waals surface area (Å²) in [4.78, 5) is 20.1. The fourth-order valence-corrected chi connectivity index (χ4v) is 5.90. The number of hydrogen-bond donors (Lipinski definition) is 1. The van der Waals surface area contributed by atoms with Crippen molar-refractivity contribution in [2.75, 3.05) is 39.3 Å². The Morgan fingerprint density at radius 2 is 1.54 bits per heavy atom. The van der Waals surface area contributed by atoms with Crippen LogP contribution in [0.4, 0.5) is 0 Å². The van der Waals surface area contributed by atoms with Crippen LogP contribution in [0.2, 0.25) is 0 Å². The summed E-state index contributed by atoms with van der Waals surface area (Å²) in [5, 5.41) is 0. The van der Waals surface area contributed by atoms with Gasteiger partial charge in [-0.1, -0.05) is 24.3 Å². The first-order valence-electron chi connectivity index (χ1n) is 11.3. The normalized spacial score (nSPS) is 28.3. The number of nitrogens with two attached hydrogens (primary N) is 1. The third-order valence-corrected chi connectivity index (χ3v) is 7.58. The van der Waals surface area contributed by atoms with Gasteiger partial charge in [0.2, 0.25) is 5.91 Å². The van der Waals surface area contributed by atoms with Gasteiger partial charge < -0.3 is 10.6 Å². The maximum atomic E-state index is 12.7. The van der Waals surface area contributed by atoms with E-state index in [1.54, 1.807) is 11.1 Å². The van der Waals surface area contributed by atoms with Crippen LogP contribution in [0.25, 0.3) is 0 Å². The van der Waals surface area contributed by atoms with Crippen LogP contribution in [-0.4, -0.2) is 78.0 Å². The van der Waals surface area contributed by atoms with Gasteiger partial charge in [0.1, 0.15) is 0 Å². The Kier molecular flexibility index (Phi) is 5.16. The highest BCUT2D eigenvalue weighted by atomic mass is 16.2. The highest BCUT2D eigenvalue weighted by Crippen LogP contribution is 2.30. The summed E-state index contributed by atoms with van der Waals surface area (Å²) >= 11 is 0. The van der Waals surface area contributed by atoms with Crippen LogP contribution < -0.4 is 5.73 Å². The van der Waals surface area contributed by atoms with E-state index in [2.05, 4.69) is 34.1 Å². The number of nitrogens with zero attached hydrogens (tertiary/aromatic N) is 3. The van der Waals surface area contributed by atoms with Crippen molar-refractivity contribution in [1.82, 2.24) is 14.7 Å². The summed E-state index contributed by atoms with van der Waals surface area (Å²) in [6.45, 7) is 6.07. The molecule has 0 aromatic heterocycles. The number of fused-ring (bicyclic) bond motifs is 1. The monoisotopic (exact) mass is 382 g/mol. The Bertz CT molecular complexity index is 683. The molecule has 1 atom stereocenters. The standard InChI is InChI=1S/C23H34N4O/c24-20-15-27(16-20)23(28)19-6-3-9-26(14-19)21-7-10-25(11-8-21)22-12-17-4-1-2-5-18(17)13-22/h1-2,4-5,19-22H,3,6-16,24H2. The third kappa shape index (κ3) is 3.60. The van der Waals surface area contributed by atoms with Crippen molar-refractivity contribution < 1.29 is 4.79 Å². The predicted octanol–water partition coefficient (Wildman–Crippen LogP) is 1.50. The molecule has 1 aliphatic carbocycles. The summed E-state index contributed by atoms with van der Waals surface area (Å²) in [6.07, 6.45) is 7.16. The zero-order valence-corrected chi connectivity index (χ0v) is 16.9. The van der Waals surface area contributed by atoms with Crippen LogP contribution in [0, 0.1) is 5.92 Å². The molecule has 0 bridgehead atoms. The minimum absolute atomic E-state index is 0.198. The van der Waals surface area contributed by atoms with Gasteiger partial charge in [-0.3, -0.25) is 14.6 Å². The van der Waals surface area contributed by atoms with E-state index in [0.717, 1.165) is 32.5 Å². The molecule has 5 rings (SSSR count). The van der Waals surface area contributed by atoms with E-state index in [1.165, 1.54) is 45.3 Å². The third-order valence-electron chi connectivity index (χ3n) is 7.58. The van der Waals surface area contributed by atoms with Crippen molar-refractivity contribution in [3.8, 4) is 0 Å². The second kappa shape index (κ2) is 7.77. The van der Waals surface area contributed by atoms with Gasteiger partial charge in [0.25, 0.3) is 0 Å². The highest BCUT2D eigenvalue weighted by molar-refractivity contribution is 5.80. The van der Waals surface area contributed by atoms with Crippen LogP contribution in [0.3, 0.4) is 0 Å². The Morgan fingerprint density at radius 1 is 0.857 bits per heavy atom. The highest BCUT2D eigenvalue weighted by Gasteiger charge is 2.37. The van der Waals surface area contributed by atoms with Crippen molar-refractivity contribution >= 4 is 5.91 Å². The van der Waals surface area contributed by atoms with Crippen molar-refractivity contribution in [3.63, 3.8) is 0 Å². The van der Waals surface area contributed by atoms with Gasteiger partial charge in [0, 0.05) is 37.8 Å². The van der Waals surface area contributed by atoms with Crippen molar-refractivity contribution in [3.05, 3.63) is 35.4 Å². The molecule has 1 amide bonds. The molecule has 5 nitrogen and oxygen atoms in total. The van der Waals surface area contributed by atoms with Crippen LogP contribution in [-0.2, 0) is 17.6 Å². The van der Waals surface area contributed by atoms with Crippen LogP contribution in [0.15, 0.2) is 24.3 Å². The lowest BCUT2D eigenvalue weighted by molar-refractivity contribution is -0.142. The van der Waals surface area contributed by atoms with Gasteiger partial charge >= 0.3 is 0 Å². The molecule has 0 spiro atoms. The van der Waals surface area contributed by atoms with E-state index >= 15 is 0 Å². The smallest absolute Gasteiger partial charge is 0.227 e. The molecule has 1 aromatic rings. The van der Waals surface area contributed by atoms with Crippen LogP contribution in [0.1, 0.15) is 36.8 Å². The Labute approximate surface area is 168 Å².